The van der Waals surface area contributed by atoms with Crippen LogP contribution in [-0.2, 0) is 9.59 Å². The van der Waals surface area contributed by atoms with Gasteiger partial charge < -0.3 is 35.7 Å². The van der Waals surface area contributed by atoms with Crippen molar-refractivity contribution in [3.63, 3.8) is 0 Å². The molecule has 26 heavy (non-hydrogen) atoms. The molecule has 2 rings (SSSR count). The summed E-state index contributed by atoms with van der Waals surface area (Å²) in [6.45, 7) is 1.18. The van der Waals surface area contributed by atoms with E-state index in [1.165, 1.54) is 13.0 Å². The highest BCUT2D eigenvalue weighted by molar-refractivity contribution is 6.01. The Morgan fingerprint density at radius 3 is 2.27 bits per heavy atom. The number of hydrogen-bond donors (Lipinski definition) is 7. The van der Waals surface area contributed by atoms with Gasteiger partial charge in [0, 0.05) is 12.3 Å². The summed E-state index contributed by atoms with van der Waals surface area (Å²) in [5.41, 5.74) is -5.08. The predicted octanol–water partition coefficient (Wildman–Crippen LogP) is -1.01. The van der Waals surface area contributed by atoms with Crippen LogP contribution in [0, 0.1) is 5.92 Å². The Balaban J connectivity index is 2.34. The van der Waals surface area contributed by atoms with Crippen LogP contribution in [0.25, 0.3) is 6.08 Å². The Morgan fingerprint density at radius 1 is 1.12 bits per heavy atom. The first-order valence-electron chi connectivity index (χ1n) is 7.72. The lowest BCUT2D eigenvalue weighted by molar-refractivity contribution is -0.230. The second-order valence-corrected chi connectivity index (χ2v) is 6.50. The molecule has 9 heteroatoms. The van der Waals surface area contributed by atoms with Crippen molar-refractivity contribution in [2.45, 2.75) is 36.8 Å². The highest BCUT2D eigenvalue weighted by atomic mass is 16.4. The van der Waals surface area contributed by atoms with Crippen molar-refractivity contribution in [2.75, 3.05) is 0 Å². The molecular formula is C17H20O9. The number of aromatic hydroxyl groups is 2. The molecule has 3 unspecified atom stereocenters. The Bertz CT molecular complexity index is 759. The van der Waals surface area contributed by atoms with Crippen molar-refractivity contribution in [3.8, 4) is 11.5 Å². The van der Waals surface area contributed by atoms with Gasteiger partial charge >= 0.3 is 5.97 Å². The average molecular weight is 368 g/mol. The van der Waals surface area contributed by atoms with Crippen LogP contribution in [-0.4, -0.2) is 70.9 Å². The first-order valence-corrected chi connectivity index (χ1v) is 7.72. The molecule has 7 N–H and O–H groups in total. The number of carboxylic acid groups (broad SMARTS) is 1. The number of aliphatic hydroxyl groups is 4. The van der Waals surface area contributed by atoms with E-state index in [9.17, 15) is 45.3 Å². The molecule has 5 atom stereocenters. The zero-order valence-corrected chi connectivity index (χ0v) is 13.8. The van der Waals surface area contributed by atoms with Crippen LogP contribution in [0.1, 0.15) is 18.9 Å². The fourth-order valence-corrected chi connectivity index (χ4v) is 2.98. The molecule has 1 aliphatic rings. The SMILES string of the molecule is CC1[C@@H](O)C(O)[C@@](O)(C(=O)/C=C/c2ccc(O)c(O)c2)CC1(O)C(=O)O. The van der Waals surface area contributed by atoms with Crippen LogP contribution >= 0.6 is 0 Å². The van der Waals surface area contributed by atoms with E-state index >= 15 is 0 Å². The summed E-state index contributed by atoms with van der Waals surface area (Å²) >= 11 is 0. The topological polar surface area (TPSA) is 176 Å². The third-order valence-electron chi connectivity index (χ3n) is 4.84. The Labute approximate surface area is 148 Å². The molecule has 9 nitrogen and oxygen atoms in total. The van der Waals surface area contributed by atoms with E-state index in [1.54, 1.807) is 0 Å². The lowest BCUT2D eigenvalue weighted by Crippen LogP contribution is -2.69. The van der Waals surface area contributed by atoms with Crippen molar-refractivity contribution in [2.24, 2.45) is 5.92 Å². The highest BCUT2D eigenvalue weighted by Crippen LogP contribution is 2.41. The van der Waals surface area contributed by atoms with Gasteiger partial charge in [-0.1, -0.05) is 19.1 Å². The standard InChI is InChI=1S/C17H20O9/c1-8-13(21)14(22)17(26,7-16(8,25)15(23)24)12(20)5-3-9-2-4-10(18)11(19)6-9/h2-6,8,13-14,18-19,21-22,25-26H,7H2,1H3,(H,23,24)/b5-3+/t8?,13-,14?,16?,17+/m1/s1. The summed E-state index contributed by atoms with van der Waals surface area (Å²) in [6.07, 6.45) is -2.91. The average Bonchev–Trinajstić information content (AvgIpc) is 2.58. The molecule has 0 heterocycles. The van der Waals surface area contributed by atoms with E-state index < -0.39 is 53.3 Å². The molecule has 0 amide bonds. The molecule has 0 radical (unpaired) electrons. The third kappa shape index (κ3) is 3.17. The smallest absolute Gasteiger partial charge is 0.336 e. The lowest BCUT2D eigenvalue weighted by Gasteiger charge is -2.48. The second-order valence-electron chi connectivity index (χ2n) is 6.50. The van der Waals surface area contributed by atoms with E-state index in [4.69, 9.17) is 0 Å². The van der Waals surface area contributed by atoms with Gasteiger partial charge in [0.15, 0.2) is 28.5 Å². The van der Waals surface area contributed by atoms with Gasteiger partial charge in [-0.2, -0.15) is 0 Å². The van der Waals surface area contributed by atoms with Gasteiger partial charge in [-0.3, -0.25) is 4.79 Å². The molecule has 1 fully saturated rings. The molecular weight excluding hydrogens is 348 g/mol. The fourth-order valence-electron chi connectivity index (χ4n) is 2.98. The number of ketones is 1. The van der Waals surface area contributed by atoms with Crippen LogP contribution in [0.4, 0.5) is 0 Å². The molecule has 1 aromatic carbocycles. The molecule has 1 saturated carbocycles. The van der Waals surface area contributed by atoms with Gasteiger partial charge in [0.25, 0.3) is 0 Å². The number of hydrogen-bond acceptors (Lipinski definition) is 8. The minimum atomic E-state index is -2.73. The zero-order chi connectivity index (χ0) is 19.9. The van der Waals surface area contributed by atoms with E-state index in [-0.39, 0.29) is 11.3 Å². The molecule has 0 aromatic heterocycles. The number of rotatable bonds is 4. The zero-order valence-electron chi connectivity index (χ0n) is 13.8. The monoisotopic (exact) mass is 368 g/mol. The van der Waals surface area contributed by atoms with Crippen molar-refractivity contribution >= 4 is 17.8 Å². The van der Waals surface area contributed by atoms with Gasteiger partial charge in [0.1, 0.15) is 6.10 Å². The summed E-state index contributed by atoms with van der Waals surface area (Å²) in [6, 6.07) is 3.65. The lowest BCUT2D eigenvalue weighted by atomic mass is 9.64. The van der Waals surface area contributed by atoms with E-state index in [2.05, 4.69) is 0 Å². The van der Waals surface area contributed by atoms with Gasteiger partial charge in [-0.25, -0.2) is 4.79 Å². The molecule has 0 saturated heterocycles. The van der Waals surface area contributed by atoms with Gasteiger partial charge in [-0.05, 0) is 23.8 Å². The van der Waals surface area contributed by atoms with Crippen LogP contribution in [0.3, 0.4) is 0 Å². The Hall–Kier alpha value is -2.46. The number of carbonyl (C=O) groups excluding carboxylic acids is 1. The van der Waals surface area contributed by atoms with Crippen molar-refractivity contribution < 1.29 is 45.3 Å². The molecule has 142 valence electrons. The van der Waals surface area contributed by atoms with Crippen LogP contribution in [0.15, 0.2) is 24.3 Å². The molecule has 0 bridgehead atoms. The minimum absolute atomic E-state index is 0.268. The Morgan fingerprint density at radius 2 is 1.73 bits per heavy atom. The summed E-state index contributed by atoms with van der Waals surface area (Å²) < 4.78 is 0. The number of phenols is 2. The molecule has 1 aromatic rings. The number of aliphatic carboxylic acids is 1. The maximum Gasteiger partial charge on any atom is 0.336 e. The van der Waals surface area contributed by atoms with Crippen molar-refractivity contribution in [3.05, 3.63) is 29.8 Å². The highest BCUT2D eigenvalue weighted by Gasteiger charge is 2.62. The molecule has 0 aliphatic heterocycles. The maximum absolute atomic E-state index is 12.4. The normalized spacial score (nSPS) is 34.7. The first kappa shape index (κ1) is 19.9. The van der Waals surface area contributed by atoms with Gasteiger partial charge in [0.2, 0.25) is 0 Å². The second kappa shape index (κ2) is 6.69. The summed E-state index contributed by atoms with van der Waals surface area (Å²) in [5.74, 6) is -5.03. The third-order valence-corrected chi connectivity index (χ3v) is 4.84. The fraction of sp³-hybridized carbons (Fsp3) is 0.412. The largest absolute Gasteiger partial charge is 0.504 e. The summed E-state index contributed by atoms with van der Waals surface area (Å²) in [7, 11) is 0. The van der Waals surface area contributed by atoms with E-state index in [0.29, 0.717) is 0 Å². The summed E-state index contributed by atoms with van der Waals surface area (Å²) in [5, 5.41) is 68.8. The predicted molar refractivity (Wildman–Crippen MR) is 87.1 cm³/mol. The Kier molecular flexibility index (Phi) is 5.11. The van der Waals surface area contributed by atoms with Gasteiger partial charge in [0.05, 0.1) is 6.10 Å². The van der Waals surface area contributed by atoms with E-state index in [1.807, 2.05) is 0 Å². The minimum Gasteiger partial charge on any atom is -0.504 e. The van der Waals surface area contributed by atoms with Crippen molar-refractivity contribution in [1.29, 1.82) is 0 Å². The van der Waals surface area contributed by atoms with E-state index in [0.717, 1.165) is 24.3 Å². The molecule has 0 spiro atoms. The van der Waals surface area contributed by atoms with Crippen LogP contribution in [0.5, 0.6) is 11.5 Å². The quantitative estimate of drug-likeness (QED) is 0.259. The number of aliphatic hydroxyl groups excluding tert-OH is 2. The number of phenolic OH excluding ortho intramolecular Hbond substituents is 2. The number of carbonyl (C=O) groups is 2. The van der Waals surface area contributed by atoms with Crippen molar-refractivity contribution in [1.82, 2.24) is 0 Å². The number of benzene rings is 1. The van der Waals surface area contributed by atoms with Crippen LogP contribution < -0.4 is 0 Å². The first-order chi connectivity index (χ1) is 11.9. The molecule has 1 aliphatic carbocycles. The summed E-state index contributed by atoms with van der Waals surface area (Å²) in [4.78, 5) is 23.8. The van der Waals surface area contributed by atoms with Gasteiger partial charge in [-0.15, -0.1) is 0 Å². The van der Waals surface area contributed by atoms with Crippen LogP contribution in [0.2, 0.25) is 0 Å². The maximum atomic E-state index is 12.4. The number of carboxylic acids is 1.